The van der Waals surface area contributed by atoms with Crippen molar-refractivity contribution in [3.05, 3.63) is 59.1 Å². The number of ether oxygens (including phenoxy) is 2. The fraction of sp³-hybridized carbons (Fsp3) is 0.375. The number of nitrogens with one attached hydrogen (secondary N) is 1. The average Bonchev–Trinajstić information content (AvgIpc) is 3.06. The first-order chi connectivity index (χ1) is 14.9. The van der Waals surface area contributed by atoms with Crippen LogP contribution >= 0.6 is 0 Å². The van der Waals surface area contributed by atoms with Crippen molar-refractivity contribution in [2.24, 2.45) is 0 Å². The highest BCUT2D eigenvalue weighted by molar-refractivity contribution is 6.07. The molecule has 7 heteroatoms. The van der Waals surface area contributed by atoms with E-state index in [1.165, 1.54) is 6.07 Å². The minimum absolute atomic E-state index is 0.0498. The Balaban J connectivity index is 1.48. The van der Waals surface area contributed by atoms with E-state index in [-0.39, 0.29) is 30.5 Å². The lowest BCUT2D eigenvalue weighted by atomic mass is 10.1. The molecule has 0 saturated carbocycles. The molecule has 0 spiro atoms. The maximum atomic E-state index is 14.8. The summed E-state index contributed by atoms with van der Waals surface area (Å²) in [6.45, 7) is 7.23. The third kappa shape index (κ3) is 4.37. The van der Waals surface area contributed by atoms with Crippen LogP contribution < -0.4 is 15.0 Å². The molecule has 1 N–H and O–H groups in total. The number of morpholine rings is 1. The van der Waals surface area contributed by atoms with Crippen LogP contribution in [0.1, 0.15) is 35.5 Å². The van der Waals surface area contributed by atoms with Crippen molar-refractivity contribution >= 4 is 22.6 Å². The molecule has 0 bridgehead atoms. The summed E-state index contributed by atoms with van der Waals surface area (Å²) in [7, 11) is 1.57. The Hall–Kier alpha value is -3.06. The third-order valence-electron chi connectivity index (χ3n) is 5.52. The molecule has 1 fully saturated rings. The molecular formula is C24H27FN2O4. The van der Waals surface area contributed by atoms with Gasteiger partial charge in [-0.1, -0.05) is 6.07 Å². The fourth-order valence-electron chi connectivity index (χ4n) is 4.17. The molecule has 1 amide bonds. The van der Waals surface area contributed by atoms with E-state index in [2.05, 4.69) is 5.32 Å². The van der Waals surface area contributed by atoms with Gasteiger partial charge in [0.05, 0.1) is 30.6 Å². The first-order valence-electron chi connectivity index (χ1n) is 10.4. The Bertz CT molecular complexity index is 1100. The molecule has 2 atom stereocenters. The van der Waals surface area contributed by atoms with E-state index < -0.39 is 0 Å². The normalized spacial score (nSPS) is 18.9. The zero-order valence-electron chi connectivity index (χ0n) is 18.2. The molecule has 0 radical (unpaired) electrons. The monoisotopic (exact) mass is 426 g/mol. The van der Waals surface area contributed by atoms with Crippen LogP contribution in [-0.4, -0.2) is 38.3 Å². The molecule has 6 nitrogen and oxygen atoms in total. The average molecular weight is 426 g/mol. The minimum Gasteiger partial charge on any atom is -0.497 e. The first kappa shape index (κ1) is 21.2. The number of anilines is 1. The Morgan fingerprint density at radius 2 is 1.94 bits per heavy atom. The van der Waals surface area contributed by atoms with Crippen LogP contribution in [0.5, 0.6) is 5.75 Å². The number of halogens is 1. The van der Waals surface area contributed by atoms with Crippen LogP contribution in [0.2, 0.25) is 0 Å². The molecule has 2 aromatic carbocycles. The van der Waals surface area contributed by atoms with Crippen molar-refractivity contribution in [1.29, 1.82) is 0 Å². The lowest BCUT2D eigenvalue weighted by molar-refractivity contribution is -0.00539. The van der Waals surface area contributed by atoms with Crippen molar-refractivity contribution in [2.45, 2.75) is 39.5 Å². The van der Waals surface area contributed by atoms with Crippen LogP contribution in [-0.2, 0) is 11.3 Å². The predicted octanol–water partition coefficient (Wildman–Crippen LogP) is 4.43. The first-order valence-corrected chi connectivity index (χ1v) is 10.4. The van der Waals surface area contributed by atoms with E-state index in [0.717, 1.165) is 0 Å². The maximum absolute atomic E-state index is 14.8. The van der Waals surface area contributed by atoms with Crippen molar-refractivity contribution in [2.75, 3.05) is 25.1 Å². The zero-order chi connectivity index (χ0) is 22.1. The fourth-order valence-corrected chi connectivity index (χ4v) is 4.17. The Morgan fingerprint density at radius 3 is 2.61 bits per heavy atom. The van der Waals surface area contributed by atoms with Crippen molar-refractivity contribution in [3.63, 3.8) is 0 Å². The number of amides is 1. The predicted molar refractivity (Wildman–Crippen MR) is 117 cm³/mol. The van der Waals surface area contributed by atoms with Crippen LogP contribution in [0.3, 0.4) is 0 Å². The van der Waals surface area contributed by atoms with Gasteiger partial charge in [0.1, 0.15) is 22.9 Å². The summed E-state index contributed by atoms with van der Waals surface area (Å²) in [5, 5.41) is 3.56. The summed E-state index contributed by atoms with van der Waals surface area (Å²) in [6.07, 6.45) is 0.0996. The van der Waals surface area contributed by atoms with Crippen LogP contribution in [0, 0.1) is 12.7 Å². The van der Waals surface area contributed by atoms with E-state index in [9.17, 15) is 9.18 Å². The smallest absolute Gasteiger partial charge is 0.255 e. The second-order valence-electron chi connectivity index (χ2n) is 8.03. The lowest BCUT2D eigenvalue weighted by Crippen LogP contribution is -2.45. The molecular weight excluding hydrogens is 399 g/mol. The van der Waals surface area contributed by atoms with Gasteiger partial charge in [0, 0.05) is 25.0 Å². The third-order valence-corrected chi connectivity index (χ3v) is 5.52. The molecule has 1 aliphatic heterocycles. The number of furan rings is 1. The van der Waals surface area contributed by atoms with Gasteiger partial charge in [0.15, 0.2) is 0 Å². The van der Waals surface area contributed by atoms with Crippen LogP contribution in [0.4, 0.5) is 10.1 Å². The Labute approximate surface area is 180 Å². The number of carbonyl (C=O) groups excluding carboxylic acids is 1. The number of benzene rings is 2. The second-order valence-corrected chi connectivity index (χ2v) is 8.03. The van der Waals surface area contributed by atoms with E-state index in [4.69, 9.17) is 13.9 Å². The number of nitrogens with zero attached hydrogens (tertiary/aromatic N) is 1. The standard InChI is InChI=1S/C24H27FN2O4/c1-14-12-27(13-15(2)30-14)21-7-5-17(9-20(21)25)11-26-24(28)23-16(3)31-22-8-6-18(29-4)10-19(22)23/h5-10,14-15H,11-13H2,1-4H3,(H,26,28). The Morgan fingerprint density at radius 1 is 1.19 bits per heavy atom. The highest BCUT2D eigenvalue weighted by Crippen LogP contribution is 2.29. The number of hydrogen-bond donors (Lipinski definition) is 1. The summed E-state index contributed by atoms with van der Waals surface area (Å²) in [4.78, 5) is 14.9. The topological polar surface area (TPSA) is 63.9 Å². The number of fused-ring (bicyclic) bond motifs is 1. The van der Waals surface area contributed by atoms with Crippen molar-refractivity contribution < 1.29 is 23.1 Å². The maximum Gasteiger partial charge on any atom is 0.255 e. The quantitative estimate of drug-likeness (QED) is 0.654. The second kappa shape index (κ2) is 8.59. The van der Waals surface area contributed by atoms with Gasteiger partial charge in [0.2, 0.25) is 0 Å². The van der Waals surface area contributed by atoms with E-state index in [1.807, 2.05) is 24.8 Å². The van der Waals surface area contributed by atoms with Gasteiger partial charge in [-0.25, -0.2) is 4.39 Å². The highest BCUT2D eigenvalue weighted by atomic mass is 19.1. The molecule has 164 valence electrons. The van der Waals surface area contributed by atoms with Gasteiger partial charge < -0.3 is 24.1 Å². The lowest BCUT2D eigenvalue weighted by Gasteiger charge is -2.37. The Kier molecular flexibility index (Phi) is 5.87. The van der Waals surface area contributed by atoms with Gasteiger partial charge in [-0.2, -0.15) is 0 Å². The number of aryl methyl sites for hydroxylation is 1. The minimum atomic E-state index is -0.303. The van der Waals surface area contributed by atoms with Crippen molar-refractivity contribution in [1.82, 2.24) is 5.32 Å². The largest absolute Gasteiger partial charge is 0.497 e. The van der Waals surface area contributed by atoms with Gasteiger partial charge in [0.25, 0.3) is 5.91 Å². The van der Waals surface area contributed by atoms with Gasteiger partial charge in [-0.3, -0.25) is 4.79 Å². The number of rotatable bonds is 5. The van der Waals surface area contributed by atoms with Gasteiger partial charge in [-0.05, 0) is 56.7 Å². The molecule has 2 unspecified atom stereocenters. The van der Waals surface area contributed by atoms with Crippen molar-refractivity contribution in [3.8, 4) is 5.75 Å². The summed E-state index contributed by atoms with van der Waals surface area (Å²) >= 11 is 0. The molecule has 31 heavy (non-hydrogen) atoms. The number of methoxy groups -OCH3 is 1. The highest BCUT2D eigenvalue weighted by Gasteiger charge is 2.24. The summed E-state index contributed by atoms with van der Waals surface area (Å²) < 4.78 is 31.5. The van der Waals surface area contributed by atoms with E-state index in [0.29, 0.717) is 52.4 Å². The van der Waals surface area contributed by atoms with E-state index >= 15 is 0 Å². The molecule has 0 aliphatic carbocycles. The van der Waals surface area contributed by atoms with Gasteiger partial charge in [-0.15, -0.1) is 0 Å². The molecule has 1 saturated heterocycles. The molecule has 1 aromatic heterocycles. The van der Waals surface area contributed by atoms with Crippen LogP contribution in [0.15, 0.2) is 40.8 Å². The molecule has 2 heterocycles. The summed E-state index contributed by atoms with van der Waals surface area (Å²) in [5.41, 5.74) is 2.32. The summed E-state index contributed by atoms with van der Waals surface area (Å²) in [6, 6.07) is 10.4. The zero-order valence-corrected chi connectivity index (χ0v) is 18.2. The SMILES string of the molecule is COc1ccc2oc(C)c(C(=O)NCc3ccc(N4CC(C)OC(C)C4)c(F)c3)c2c1. The van der Waals surface area contributed by atoms with E-state index in [1.54, 1.807) is 38.3 Å². The molecule has 1 aliphatic rings. The summed E-state index contributed by atoms with van der Waals surface area (Å²) in [5.74, 6) is 0.595. The van der Waals surface area contributed by atoms with Crippen LogP contribution in [0.25, 0.3) is 11.0 Å². The number of hydrogen-bond acceptors (Lipinski definition) is 5. The number of carbonyl (C=O) groups is 1. The molecule has 3 aromatic rings. The molecule has 4 rings (SSSR count). The van der Waals surface area contributed by atoms with Gasteiger partial charge >= 0.3 is 0 Å².